The Kier molecular flexibility index (Phi) is 4.71. The fourth-order valence-corrected chi connectivity index (χ4v) is 3.55. The Hall–Kier alpha value is -1.27. The maximum atomic E-state index is 12.5. The number of nitrogens with two attached hydrogens (primary N) is 1. The van der Waals surface area contributed by atoms with E-state index in [0.29, 0.717) is 0 Å². The monoisotopic (exact) mass is 318 g/mol. The lowest BCUT2D eigenvalue weighted by atomic mass is 10.1. The van der Waals surface area contributed by atoms with Crippen LogP contribution in [0.5, 0.6) is 0 Å². The lowest BCUT2D eigenvalue weighted by molar-refractivity contribution is -0.121. The Morgan fingerprint density at radius 1 is 1.35 bits per heavy atom. The van der Waals surface area contributed by atoms with Crippen molar-refractivity contribution in [3.63, 3.8) is 0 Å². The number of halogens is 1. The predicted octanol–water partition coefficient (Wildman–Crippen LogP) is 2.00. The molecule has 5 nitrogen and oxygen atoms in total. The van der Waals surface area contributed by atoms with Crippen molar-refractivity contribution in [3.8, 4) is 0 Å². The number of nitrogen functional groups attached to an aromatic ring is 1. The number of sulfone groups is 1. The van der Waals surface area contributed by atoms with Crippen LogP contribution in [0.1, 0.15) is 27.7 Å². The number of hydrogen-bond acceptors (Lipinski definition) is 4. The highest BCUT2D eigenvalue weighted by Crippen LogP contribution is 2.30. The fourth-order valence-electron chi connectivity index (χ4n) is 1.61. The van der Waals surface area contributed by atoms with Gasteiger partial charge in [-0.2, -0.15) is 0 Å². The number of carbonyl (C=O) groups is 1. The van der Waals surface area contributed by atoms with Gasteiger partial charge in [0.1, 0.15) is 10.1 Å². The van der Waals surface area contributed by atoms with Crippen LogP contribution in [0.2, 0.25) is 5.02 Å². The zero-order chi connectivity index (χ0) is 15.7. The summed E-state index contributed by atoms with van der Waals surface area (Å²) in [6.07, 6.45) is 0. The van der Waals surface area contributed by atoms with Crippen LogP contribution in [0.4, 0.5) is 5.69 Å². The third kappa shape index (κ3) is 3.64. The van der Waals surface area contributed by atoms with Crippen LogP contribution in [-0.4, -0.2) is 25.1 Å². The summed E-state index contributed by atoms with van der Waals surface area (Å²) < 4.78 is 25.0. The summed E-state index contributed by atoms with van der Waals surface area (Å²) in [5.41, 5.74) is 5.19. The van der Waals surface area contributed by atoms with Gasteiger partial charge in [-0.05, 0) is 39.8 Å². The van der Waals surface area contributed by atoms with Crippen molar-refractivity contribution in [3.05, 3.63) is 23.2 Å². The summed E-state index contributed by atoms with van der Waals surface area (Å²) >= 11 is 5.91. The van der Waals surface area contributed by atoms with Crippen LogP contribution in [0.15, 0.2) is 23.1 Å². The SMILES string of the molecule is CC(C(=O)NC(C)(C)C)S(=O)(=O)c1c(N)cccc1Cl. The minimum atomic E-state index is -3.94. The lowest BCUT2D eigenvalue weighted by Gasteiger charge is -2.23. The number of anilines is 1. The van der Waals surface area contributed by atoms with Gasteiger partial charge < -0.3 is 11.1 Å². The van der Waals surface area contributed by atoms with E-state index in [2.05, 4.69) is 5.32 Å². The second kappa shape index (κ2) is 5.61. The number of hydrogen-bond donors (Lipinski definition) is 2. The molecule has 1 atom stereocenters. The summed E-state index contributed by atoms with van der Waals surface area (Å²) in [6, 6.07) is 4.42. The molecule has 0 bridgehead atoms. The van der Waals surface area contributed by atoms with Crippen molar-refractivity contribution >= 4 is 33.0 Å². The molecular formula is C13H19ClN2O3S. The van der Waals surface area contributed by atoms with Crippen molar-refractivity contribution in [2.24, 2.45) is 0 Å². The minimum Gasteiger partial charge on any atom is -0.398 e. The van der Waals surface area contributed by atoms with Gasteiger partial charge in [-0.15, -0.1) is 0 Å². The number of carbonyl (C=O) groups excluding carboxylic acids is 1. The topological polar surface area (TPSA) is 89.3 Å². The van der Waals surface area contributed by atoms with E-state index in [1.165, 1.54) is 19.1 Å². The van der Waals surface area contributed by atoms with Gasteiger partial charge in [0, 0.05) is 5.54 Å². The second-order valence-electron chi connectivity index (χ2n) is 5.58. The zero-order valence-electron chi connectivity index (χ0n) is 11.9. The Balaban J connectivity index is 3.21. The van der Waals surface area contributed by atoms with Crippen molar-refractivity contribution in [2.45, 2.75) is 43.4 Å². The second-order valence-corrected chi connectivity index (χ2v) is 8.20. The van der Waals surface area contributed by atoms with Crippen LogP contribution < -0.4 is 11.1 Å². The fraction of sp³-hybridized carbons (Fsp3) is 0.462. The molecule has 0 heterocycles. The van der Waals surface area contributed by atoms with E-state index in [9.17, 15) is 13.2 Å². The molecule has 3 N–H and O–H groups in total. The van der Waals surface area contributed by atoms with Crippen molar-refractivity contribution < 1.29 is 13.2 Å². The van der Waals surface area contributed by atoms with Gasteiger partial charge in [-0.3, -0.25) is 4.79 Å². The molecule has 0 aliphatic heterocycles. The van der Waals surface area contributed by atoms with Gasteiger partial charge >= 0.3 is 0 Å². The molecule has 0 aliphatic rings. The van der Waals surface area contributed by atoms with Gasteiger partial charge in [0.2, 0.25) is 5.91 Å². The van der Waals surface area contributed by atoms with E-state index >= 15 is 0 Å². The third-order valence-electron chi connectivity index (χ3n) is 2.61. The predicted molar refractivity (Wildman–Crippen MR) is 80.4 cm³/mol. The molecule has 112 valence electrons. The molecular weight excluding hydrogens is 300 g/mol. The van der Waals surface area contributed by atoms with Crippen LogP contribution in [0.3, 0.4) is 0 Å². The van der Waals surface area contributed by atoms with Gasteiger partial charge in [0.15, 0.2) is 9.84 Å². The first-order valence-electron chi connectivity index (χ1n) is 6.06. The highest BCUT2D eigenvalue weighted by Gasteiger charge is 2.34. The van der Waals surface area contributed by atoms with Crippen LogP contribution in [0.25, 0.3) is 0 Å². The summed E-state index contributed by atoms with van der Waals surface area (Å²) in [7, 11) is -3.94. The average molecular weight is 319 g/mol. The van der Waals surface area contributed by atoms with Crippen LogP contribution in [0, 0.1) is 0 Å². The molecule has 1 unspecified atom stereocenters. The first-order chi connectivity index (χ1) is 8.97. The molecule has 1 rings (SSSR count). The maximum Gasteiger partial charge on any atom is 0.238 e. The Morgan fingerprint density at radius 3 is 2.35 bits per heavy atom. The smallest absolute Gasteiger partial charge is 0.238 e. The van der Waals surface area contributed by atoms with E-state index in [1.54, 1.807) is 26.8 Å². The standard InChI is InChI=1S/C13H19ClN2O3S/c1-8(12(17)16-13(2,3)4)20(18,19)11-9(14)6-5-7-10(11)15/h5-8H,15H2,1-4H3,(H,16,17). The van der Waals surface area contributed by atoms with Gasteiger partial charge in [0.05, 0.1) is 10.7 Å². The number of nitrogens with one attached hydrogen (secondary N) is 1. The summed E-state index contributed by atoms with van der Waals surface area (Å²) in [5, 5.41) is 1.37. The highest BCUT2D eigenvalue weighted by molar-refractivity contribution is 7.93. The van der Waals surface area contributed by atoms with Crippen LogP contribution in [-0.2, 0) is 14.6 Å². The molecule has 0 aromatic heterocycles. The minimum absolute atomic E-state index is 0.0143. The van der Waals surface area contributed by atoms with E-state index < -0.39 is 26.5 Å². The molecule has 0 saturated heterocycles. The zero-order valence-corrected chi connectivity index (χ0v) is 13.5. The van der Waals surface area contributed by atoms with Crippen molar-refractivity contribution in [1.82, 2.24) is 5.32 Å². The molecule has 0 radical (unpaired) electrons. The number of benzene rings is 1. The molecule has 0 aliphatic carbocycles. The first kappa shape index (κ1) is 16.8. The van der Waals surface area contributed by atoms with E-state index in [-0.39, 0.29) is 15.6 Å². The molecule has 0 spiro atoms. The highest BCUT2D eigenvalue weighted by atomic mass is 35.5. The molecule has 0 saturated carbocycles. The largest absolute Gasteiger partial charge is 0.398 e. The Labute approximate surface area is 124 Å². The van der Waals surface area contributed by atoms with Gasteiger partial charge in [-0.1, -0.05) is 17.7 Å². The third-order valence-corrected chi connectivity index (χ3v) is 5.21. The van der Waals surface area contributed by atoms with E-state index in [1.807, 2.05) is 0 Å². The average Bonchev–Trinajstić information content (AvgIpc) is 2.24. The van der Waals surface area contributed by atoms with E-state index in [4.69, 9.17) is 17.3 Å². The van der Waals surface area contributed by atoms with E-state index in [0.717, 1.165) is 0 Å². The van der Waals surface area contributed by atoms with Gasteiger partial charge in [-0.25, -0.2) is 8.42 Å². The molecule has 20 heavy (non-hydrogen) atoms. The van der Waals surface area contributed by atoms with Crippen molar-refractivity contribution in [2.75, 3.05) is 5.73 Å². The molecule has 0 fully saturated rings. The summed E-state index contributed by atoms with van der Waals surface area (Å²) in [5.74, 6) is -0.586. The quantitative estimate of drug-likeness (QED) is 0.834. The first-order valence-corrected chi connectivity index (χ1v) is 7.99. The molecule has 1 aromatic carbocycles. The Morgan fingerprint density at radius 2 is 1.90 bits per heavy atom. The normalized spacial score (nSPS) is 13.8. The number of amides is 1. The Bertz CT molecular complexity index is 601. The summed E-state index contributed by atoms with van der Waals surface area (Å²) in [6.45, 7) is 6.63. The maximum absolute atomic E-state index is 12.5. The molecule has 1 aromatic rings. The number of rotatable bonds is 3. The van der Waals surface area contributed by atoms with Gasteiger partial charge in [0.25, 0.3) is 0 Å². The molecule has 1 amide bonds. The van der Waals surface area contributed by atoms with Crippen molar-refractivity contribution in [1.29, 1.82) is 0 Å². The lowest BCUT2D eigenvalue weighted by Crippen LogP contribution is -2.47. The summed E-state index contributed by atoms with van der Waals surface area (Å²) in [4.78, 5) is 11.8. The van der Waals surface area contributed by atoms with Crippen LogP contribution >= 0.6 is 11.6 Å². The molecule has 7 heteroatoms.